The van der Waals surface area contributed by atoms with Crippen molar-refractivity contribution >= 4 is 34.4 Å². The van der Waals surface area contributed by atoms with E-state index in [-0.39, 0.29) is 6.61 Å². The molecular weight excluding hydrogens is 400 g/mol. The molecule has 0 aliphatic rings. The number of H-pyrrole nitrogens is 1. The van der Waals surface area contributed by atoms with Gasteiger partial charge in [0.05, 0.1) is 10.7 Å². The average Bonchev–Trinajstić information content (AvgIpc) is 3.00. The lowest BCUT2D eigenvalue weighted by Crippen LogP contribution is -1.96. The monoisotopic (exact) mass is 412 g/mol. The summed E-state index contributed by atoms with van der Waals surface area (Å²) in [5.41, 5.74) is 1.80. The van der Waals surface area contributed by atoms with E-state index in [9.17, 15) is 0 Å². The van der Waals surface area contributed by atoms with Gasteiger partial charge in [0.25, 0.3) is 0 Å². The molecule has 0 aliphatic carbocycles. The van der Waals surface area contributed by atoms with E-state index in [0.717, 1.165) is 15.6 Å². The molecule has 1 heterocycles. The zero-order valence-corrected chi connectivity index (χ0v) is 15.4. The van der Waals surface area contributed by atoms with Gasteiger partial charge in [0, 0.05) is 5.56 Å². The SMILES string of the molecule is C#CCOc1ccc(/C=N\n2c(-c3ccccc3)n[nH]c2=S)cc1Br. The first-order valence-corrected chi connectivity index (χ1v) is 8.52. The molecule has 0 radical (unpaired) electrons. The maximum Gasteiger partial charge on any atom is 0.216 e. The van der Waals surface area contributed by atoms with Crippen molar-refractivity contribution in [2.75, 3.05) is 6.61 Å². The number of aromatic amines is 1. The third-order valence-corrected chi connectivity index (χ3v) is 4.16. The van der Waals surface area contributed by atoms with E-state index in [1.165, 1.54) is 0 Å². The Morgan fingerprint density at radius 2 is 2.12 bits per heavy atom. The van der Waals surface area contributed by atoms with Crippen LogP contribution in [0.1, 0.15) is 5.56 Å². The van der Waals surface area contributed by atoms with Gasteiger partial charge in [0.15, 0.2) is 5.82 Å². The van der Waals surface area contributed by atoms with E-state index in [2.05, 4.69) is 37.1 Å². The van der Waals surface area contributed by atoms with Crippen molar-refractivity contribution in [3.63, 3.8) is 0 Å². The third kappa shape index (κ3) is 4.05. The van der Waals surface area contributed by atoms with Gasteiger partial charge in [-0.05, 0) is 51.9 Å². The zero-order chi connectivity index (χ0) is 17.6. The van der Waals surface area contributed by atoms with E-state index in [0.29, 0.717) is 16.3 Å². The molecular formula is C18H13BrN4OS. The van der Waals surface area contributed by atoms with Gasteiger partial charge in [0.2, 0.25) is 4.77 Å². The highest BCUT2D eigenvalue weighted by atomic mass is 79.9. The Kier molecular flexibility index (Phi) is 5.43. The number of nitrogens with one attached hydrogen (secondary N) is 1. The van der Waals surface area contributed by atoms with Crippen molar-refractivity contribution in [2.24, 2.45) is 5.10 Å². The molecule has 0 aliphatic heterocycles. The number of ether oxygens (including phenoxy) is 1. The van der Waals surface area contributed by atoms with Crippen LogP contribution in [-0.2, 0) is 0 Å². The van der Waals surface area contributed by atoms with Crippen molar-refractivity contribution in [3.8, 4) is 29.5 Å². The van der Waals surface area contributed by atoms with E-state index >= 15 is 0 Å². The molecule has 0 unspecified atom stereocenters. The van der Waals surface area contributed by atoms with Gasteiger partial charge in [-0.15, -0.1) is 6.42 Å². The molecule has 2 aromatic carbocycles. The highest BCUT2D eigenvalue weighted by Gasteiger charge is 2.07. The lowest BCUT2D eigenvalue weighted by molar-refractivity contribution is 0.368. The Balaban J connectivity index is 1.88. The van der Waals surface area contributed by atoms with E-state index in [1.807, 2.05) is 48.5 Å². The lowest BCUT2D eigenvalue weighted by atomic mass is 10.2. The highest BCUT2D eigenvalue weighted by molar-refractivity contribution is 9.10. The standard InChI is InChI=1S/C18H13BrN4OS/c1-2-10-24-16-9-8-13(11-15(16)19)12-20-23-17(21-22-18(23)25)14-6-4-3-5-7-14/h1,3-9,11-12H,10H2,(H,22,25)/b20-12-. The Hall–Kier alpha value is -2.69. The first kappa shape index (κ1) is 17.1. The summed E-state index contributed by atoms with van der Waals surface area (Å²) in [6.45, 7) is 0.219. The first-order chi connectivity index (χ1) is 12.2. The van der Waals surface area contributed by atoms with Crippen LogP contribution in [0.25, 0.3) is 11.4 Å². The summed E-state index contributed by atoms with van der Waals surface area (Å²) in [5.74, 6) is 3.76. The zero-order valence-electron chi connectivity index (χ0n) is 13.0. The second-order valence-electron chi connectivity index (χ2n) is 4.96. The molecule has 0 bridgehead atoms. The van der Waals surface area contributed by atoms with Crippen molar-refractivity contribution < 1.29 is 4.74 Å². The topological polar surface area (TPSA) is 55.2 Å². The van der Waals surface area contributed by atoms with Crippen molar-refractivity contribution in [1.82, 2.24) is 14.9 Å². The van der Waals surface area contributed by atoms with Gasteiger partial charge >= 0.3 is 0 Å². The Morgan fingerprint density at radius 3 is 2.84 bits per heavy atom. The van der Waals surface area contributed by atoms with Crippen LogP contribution < -0.4 is 4.74 Å². The van der Waals surface area contributed by atoms with Crippen molar-refractivity contribution in [1.29, 1.82) is 0 Å². The Morgan fingerprint density at radius 1 is 1.32 bits per heavy atom. The maximum absolute atomic E-state index is 5.42. The number of halogens is 1. The van der Waals surface area contributed by atoms with Crippen molar-refractivity contribution in [3.05, 3.63) is 63.3 Å². The van der Waals surface area contributed by atoms with Gasteiger partial charge in [0.1, 0.15) is 12.4 Å². The van der Waals surface area contributed by atoms with Crippen LogP contribution in [0.4, 0.5) is 0 Å². The normalized spacial score (nSPS) is 10.7. The van der Waals surface area contributed by atoms with Crippen LogP contribution in [0.2, 0.25) is 0 Å². The maximum atomic E-state index is 5.42. The molecule has 0 saturated carbocycles. The fraction of sp³-hybridized carbons (Fsp3) is 0.0556. The smallest absolute Gasteiger partial charge is 0.216 e. The molecule has 7 heteroatoms. The second-order valence-corrected chi connectivity index (χ2v) is 6.20. The summed E-state index contributed by atoms with van der Waals surface area (Å²) in [7, 11) is 0. The molecule has 1 N–H and O–H groups in total. The van der Waals surface area contributed by atoms with Crippen molar-refractivity contribution in [2.45, 2.75) is 0 Å². The molecule has 0 amide bonds. The molecule has 0 saturated heterocycles. The lowest BCUT2D eigenvalue weighted by Gasteiger charge is -2.05. The Labute approximate surface area is 158 Å². The number of aromatic nitrogens is 3. The molecule has 0 fully saturated rings. The minimum Gasteiger partial charge on any atom is -0.480 e. The summed E-state index contributed by atoms with van der Waals surface area (Å²) in [4.78, 5) is 0. The fourth-order valence-corrected chi connectivity index (χ4v) is 2.82. The summed E-state index contributed by atoms with van der Waals surface area (Å²) < 4.78 is 8.22. The summed E-state index contributed by atoms with van der Waals surface area (Å²) in [6, 6.07) is 15.3. The number of hydrogen-bond acceptors (Lipinski definition) is 4. The average molecular weight is 413 g/mol. The number of rotatable bonds is 5. The predicted molar refractivity (Wildman–Crippen MR) is 104 cm³/mol. The molecule has 1 aromatic heterocycles. The van der Waals surface area contributed by atoms with E-state index in [1.54, 1.807) is 10.9 Å². The highest BCUT2D eigenvalue weighted by Crippen LogP contribution is 2.25. The number of hydrogen-bond donors (Lipinski definition) is 1. The van der Waals surface area contributed by atoms with Crippen LogP contribution in [0.15, 0.2) is 58.1 Å². The predicted octanol–water partition coefficient (Wildman–Crippen LogP) is 4.26. The summed E-state index contributed by atoms with van der Waals surface area (Å²) in [6.07, 6.45) is 6.90. The number of terminal acetylenes is 1. The van der Waals surface area contributed by atoms with Crippen LogP contribution in [-0.4, -0.2) is 27.7 Å². The number of nitrogens with zero attached hydrogens (tertiary/aromatic N) is 3. The van der Waals surface area contributed by atoms with Gasteiger partial charge < -0.3 is 4.74 Å². The minimum atomic E-state index is 0.219. The number of benzene rings is 2. The molecule has 3 rings (SSSR count). The van der Waals surface area contributed by atoms with Crippen LogP contribution in [0, 0.1) is 17.1 Å². The van der Waals surface area contributed by atoms with E-state index in [4.69, 9.17) is 23.4 Å². The van der Waals surface area contributed by atoms with Gasteiger partial charge in [-0.2, -0.15) is 14.9 Å². The molecule has 0 atom stereocenters. The van der Waals surface area contributed by atoms with Crippen LogP contribution >= 0.6 is 28.1 Å². The summed E-state index contributed by atoms with van der Waals surface area (Å²) >= 11 is 8.73. The molecule has 5 nitrogen and oxygen atoms in total. The van der Waals surface area contributed by atoms with Gasteiger partial charge in [-0.1, -0.05) is 36.3 Å². The minimum absolute atomic E-state index is 0.219. The molecule has 124 valence electrons. The van der Waals surface area contributed by atoms with Crippen LogP contribution in [0.5, 0.6) is 5.75 Å². The van der Waals surface area contributed by atoms with Gasteiger partial charge in [-0.3, -0.25) is 0 Å². The third-order valence-electron chi connectivity index (χ3n) is 3.27. The first-order valence-electron chi connectivity index (χ1n) is 7.32. The van der Waals surface area contributed by atoms with E-state index < -0.39 is 0 Å². The fourth-order valence-electron chi connectivity index (χ4n) is 2.13. The molecule has 25 heavy (non-hydrogen) atoms. The molecule has 0 spiro atoms. The van der Waals surface area contributed by atoms with Crippen LogP contribution in [0.3, 0.4) is 0 Å². The quantitative estimate of drug-likeness (QED) is 0.386. The Bertz CT molecular complexity index is 1000. The van der Waals surface area contributed by atoms with Gasteiger partial charge in [-0.25, -0.2) is 5.10 Å². The molecule has 3 aromatic rings. The second kappa shape index (κ2) is 7.92. The largest absolute Gasteiger partial charge is 0.480 e. The summed E-state index contributed by atoms with van der Waals surface area (Å²) in [5, 5.41) is 11.5.